The molecule has 2 aromatic carbocycles. The predicted octanol–water partition coefficient (Wildman–Crippen LogP) is 4.69. The molecule has 7 heteroatoms. The number of anilines is 2. The molecule has 0 spiro atoms. The number of aryl methyl sites for hydroxylation is 1. The average molecular weight is 419 g/mol. The lowest BCUT2D eigenvalue weighted by atomic mass is 10.1. The van der Waals surface area contributed by atoms with Crippen molar-refractivity contribution < 1.29 is 19.1 Å². The van der Waals surface area contributed by atoms with Gasteiger partial charge in [0.05, 0.1) is 30.2 Å². The normalized spacial score (nSPS) is 10.3. The van der Waals surface area contributed by atoms with Gasteiger partial charge in [0, 0.05) is 30.1 Å². The molecule has 2 amide bonds. The first-order valence-electron chi connectivity index (χ1n) is 10.1. The molecule has 3 aromatic rings. The Hall–Kier alpha value is -3.87. The van der Waals surface area contributed by atoms with Crippen molar-refractivity contribution in [3.8, 4) is 11.5 Å². The van der Waals surface area contributed by atoms with E-state index in [2.05, 4.69) is 15.6 Å². The third-order valence-corrected chi connectivity index (χ3v) is 4.49. The van der Waals surface area contributed by atoms with Gasteiger partial charge in [0.2, 0.25) is 0 Å². The van der Waals surface area contributed by atoms with E-state index in [4.69, 9.17) is 9.47 Å². The number of aromatic nitrogens is 1. The van der Waals surface area contributed by atoms with Crippen LogP contribution in [0.1, 0.15) is 40.1 Å². The Bertz CT molecular complexity index is 1070. The van der Waals surface area contributed by atoms with Crippen LogP contribution in [0.5, 0.6) is 11.5 Å². The van der Waals surface area contributed by atoms with Gasteiger partial charge in [-0.3, -0.25) is 14.6 Å². The van der Waals surface area contributed by atoms with E-state index in [0.29, 0.717) is 47.2 Å². The van der Waals surface area contributed by atoms with E-state index in [1.807, 2.05) is 39.0 Å². The molecule has 31 heavy (non-hydrogen) atoms. The second kappa shape index (κ2) is 10.2. The Kier molecular flexibility index (Phi) is 7.22. The summed E-state index contributed by atoms with van der Waals surface area (Å²) < 4.78 is 11.5. The molecule has 160 valence electrons. The summed E-state index contributed by atoms with van der Waals surface area (Å²) in [6.07, 6.45) is 3.08. The predicted molar refractivity (Wildman–Crippen MR) is 120 cm³/mol. The van der Waals surface area contributed by atoms with Gasteiger partial charge in [-0.2, -0.15) is 0 Å². The van der Waals surface area contributed by atoms with Crippen LogP contribution in [-0.2, 0) is 0 Å². The number of ether oxygens (including phenoxy) is 2. The van der Waals surface area contributed by atoms with Crippen molar-refractivity contribution in [3.63, 3.8) is 0 Å². The Labute approximate surface area is 181 Å². The molecule has 3 rings (SSSR count). The molecule has 0 aliphatic heterocycles. The van der Waals surface area contributed by atoms with Crippen LogP contribution in [-0.4, -0.2) is 30.0 Å². The number of hydrogen-bond donors (Lipinski definition) is 2. The molecule has 0 radical (unpaired) electrons. The highest BCUT2D eigenvalue weighted by molar-refractivity contribution is 6.07. The number of benzene rings is 2. The van der Waals surface area contributed by atoms with E-state index in [9.17, 15) is 9.59 Å². The van der Waals surface area contributed by atoms with Gasteiger partial charge in [0.1, 0.15) is 11.5 Å². The summed E-state index contributed by atoms with van der Waals surface area (Å²) in [4.78, 5) is 29.4. The number of pyridine rings is 1. The van der Waals surface area contributed by atoms with Crippen LogP contribution in [0, 0.1) is 6.92 Å². The lowest BCUT2D eigenvalue weighted by molar-refractivity contribution is 0.101. The van der Waals surface area contributed by atoms with Crippen molar-refractivity contribution in [2.24, 2.45) is 0 Å². The average Bonchev–Trinajstić information content (AvgIpc) is 2.77. The Morgan fingerprint density at radius 2 is 1.48 bits per heavy atom. The van der Waals surface area contributed by atoms with Gasteiger partial charge < -0.3 is 20.1 Å². The van der Waals surface area contributed by atoms with Crippen LogP contribution < -0.4 is 20.1 Å². The fourth-order valence-electron chi connectivity index (χ4n) is 3.01. The summed E-state index contributed by atoms with van der Waals surface area (Å²) in [5.41, 5.74) is 2.74. The van der Waals surface area contributed by atoms with Crippen LogP contribution in [0.4, 0.5) is 11.4 Å². The molecule has 0 atom stereocenters. The number of rotatable bonds is 8. The lowest BCUT2D eigenvalue weighted by Crippen LogP contribution is -2.16. The van der Waals surface area contributed by atoms with Gasteiger partial charge in [-0.05, 0) is 44.5 Å². The van der Waals surface area contributed by atoms with E-state index < -0.39 is 0 Å². The molecule has 1 heterocycles. The number of carbonyl (C=O) groups excluding carboxylic acids is 2. The van der Waals surface area contributed by atoms with E-state index in [1.54, 1.807) is 36.5 Å². The van der Waals surface area contributed by atoms with Crippen molar-refractivity contribution in [1.82, 2.24) is 4.98 Å². The summed E-state index contributed by atoms with van der Waals surface area (Å²) >= 11 is 0. The van der Waals surface area contributed by atoms with Gasteiger partial charge in [0.25, 0.3) is 11.8 Å². The zero-order chi connectivity index (χ0) is 22.2. The maximum atomic E-state index is 12.8. The maximum Gasteiger partial charge on any atom is 0.257 e. The zero-order valence-corrected chi connectivity index (χ0v) is 17.8. The standard InChI is InChI=1S/C24H25N3O4/c1-4-30-21-14-20(27-24(29)18-11-7-6-9-16(18)3)22(31-5-2)13-19(21)26-23(28)17-10-8-12-25-15-17/h6-15H,4-5H2,1-3H3,(H,26,28)(H,27,29). The zero-order valence-electron chi connectivity index (χ0n) is 17.8. The highest BCUT2D eigenvalue weighted by Crippen LogP contribution is 2.37. The molecule has 0 aliphatic rings. The Morgan fingerprint density at radius 3 is 2.03 bits per heavy atom. The van der Waals surface area contributed by atoms with Crippen molar-refractivity contribution in [2.45, 2.75) is 20.8 Å². The van der Waals surface area contributed by atoms with E-state index in [-0.39, 0.29) is 11.8 Å². The van der Waals surface area contributed by atoms with Crippen LogP contribution in [0.2, 0.25) is 0 Å². The van der Waals surface area contributed by atoms with Gasteiger partial charge in [-0.15, -0.1) is 0 Å². The minimum Gasteiger partial charge on any atom is -0.492 e. The van der Waals surface area contributed by atoms with E-state index >= 15 is 0 Å². The molecular weight excluding hydrogens is 394 g/mol. The van der Waals surface area contributed by atoms with Gasteiger partial charge in [-0.1, -0.05) is 18.2 Å². The molecule has 0 unspecified atom stereocenters. The molecule has 2 N–H and O–H groups in total. The van der Waals surface area contributed by atoms with E-state index in [0.717, 1.165) is 5.56 Å². The molecule has 0 saturated carbocycles. The minimum absolute atomic E-state index is 0.256. The summed E-state index contributed by atoms with van der Waals surface area (Å²) in [6, 6.07) is 14.0. The summed E-state index contributed by atoms with van der Waals surface area (Å²) in [5.74, 6) is 0.263. The molecule has 7 nitrogen and oxygen atoms in total. The van der Waals surface area contributed by atoms with Crippen molar-refractivity contribution in [2.75, 3.05) is 23.8 Å². The summed E-state index contributed by atoms with van der Waals surface area (Å²) in [6.45, 7) is 6.33. The lowest BCUT2D eigenvalue weighted by Gasteiger charge is -2.18. The second-order valence-electron chi connectivity index (χ2n) is 6.68. The number of carbonyl (C=O) groups is 2. The number of nitrogens with one attached hydrogen (secondary N) is 2. The Balaban J connectivity index is 1.94. The fourth-order valence-corrected chi connectivity index (χ4v) is 3.01. The van der Waals surface area contributed by atoms with Crippen LogP contribution >= 0.6 is 0 Å². The fraction of sp³-hybridized carbons (Fsp3) is 0.208. The second-order valence-corrected chi connectivity index (χ2v) is 6.68. The molecular formula is C24H25N3O4. The number of hydrogen-bond acceptors (Lipinski definition) is 5. The number of amides is 2. The first kappa shape index (κ1) is 21.8. The smallest absolute Gasteiger partial charge is 0.257 e. The highest BCUT2D eigenvalue weighted by atomic mass is 16.5. The topological polar surface area (TPSA) is 89.5 Å². The van der Waals surface area contributed by atoms with Gasteiger partial charge in [0.15, 0.2) is 0 Å². The van der Waals surface area contributed by atoms with Crippen LogP contribution in [0.15, 0.2) is 60.9 Å². The highest BCUT2D eigenvalue weighted by Gasteiger charge is 2.18. The van der Waals surface area contributed by atoms with E-state index in [1.165, 1.54) is 6.20 Å². The molecule has 0 bridgehead atoms. The van der Waals surface area contributed by atoms with Crippen molar-refractivity contribution in [1.29, 1.82) is 0 Å². The SMILES string of the molecule is CCOc1cc(NC(=O)c2ccccc2C)c(OCC)cc1NC(=O)c1cccnc1. The molecule has 1 aromatic heterocycles. The quantitative estimate of drug-likeness (QED) is 0.553. The summed E-state index contributed by atoms with van der Waals surface area (Å²) in [7, 11) is 0. The van der Waals surface area contributed by atoms with Crippen LogP contribution in [0.3, 0.4) is 0 Å². The van der Waals surface area contributed by atoms with Crippen LogP contribution in [0.25, 0.3) is 0 Å². The van der Waals surface area contributed by atoms with Crippen molar-refractivity contribution in [3.05, 3.63) is 77.6 Å². The first-order valence-corrected chi connectivity index (χ1v) is 10.1. The van der Waals surface area contributed by atoms with Gasteiger partial charge in [-0.25, -0.2) is 0 Å². The Morgan fingerprint density at radius 1 is 0.871 bits per heavy atom. The monoisotopic (exact) mass is 419 g/mol. The minimum atomic E-state index is -0.326. The third-order valence-electron chi connectivity index (χ3n) is 4.49. The first-order chi connectivity index (χ1) is 15.0. The largest absolute Gasteiger partial charge is 0.492 e. The third kappa shape index (κ3) is 5.39. The molecule has 0 aliphatic carbocycles. The maximum absolute atomic E-state index is 12.8. The van der Waals surface area contributed by atoms with Gasteiger partial charge >= 0.3 is 0 Å². The molecule has 0 saturated heterocycles. The summed E-state index contributed by atoms with van der Waals surface area (Å²) in [5, 5.41) is 5.73. The number of nitrogens with zero attached hydrogens (tertiary/aromatic N) is 1. The molecule has 0 fully saturated rings. The van der Waals surface area contributed by atoms with Crippen molar-refractivity contribution >= 4 is 23.2 Å².